The van der Waals surface area contributed by atoms with Crippen LogP contribution in [0.15, 0.2) is 253 Å². The Morgan fingerprint density at radius 2 is 0.758 bits per heavy atom. The summed E-state index contributed by atoms with van der Waals surface area (Å²) in [5.41, 5.74) is 14.6. The van der Waals surface area contributed by atoms with E-state index in [0.29, 0.717) is 0 Å². The zero-order valence-electron chi connectivity index (χ0n) is 36.0. The first-order chi connectivity index (χ1) is 32.7. The molecule has 0 saturated heterocycles. The van der Waals surface area contributed by atoms with Gasteiger partial charge in [0.1, 0.15) is 11.2 Å². The molecule has 13 rings (SSSR count). The number of hydrogen-bond acceptors (Lipinski definition) is 2. The zero-order chi connectivity index (χ0) is 43.6. The fraction of sp³-hybridized carbons (Fsp3) is 0. The van der Waals surface area contributed by atoms with Crippen LogP contribution in [0.4, 0.5) is 17.1 Å². The Labute approximate surface area is 382 Å². The third-order valence-electron chi connectivity index (χ3n) is 13.4. The van der Waals surface area contributed by atoms with Gasteiger partial charge in [-0.3, -0.25) is 0 Å². The summed E-state index contributed by atoms with van der Waals surface area (Å²) in [5, 5.41) is 12.2. The molecule has 0 unspecified atom stereocenters. The Hall–Kier alpha value is -8.72. The molecule has 13 aromatic rings. The lowest BCUT2D eigenvalue weighted by Gasteiger charge is -2.26. The Kier molecular flexibility index (Phi) is 8.89. The van der Waals surface area contributed by atoms with E-state index >= 15 is 0 Å². The van der Waals surface area contributed by atoms with Crippen LogP contribution in [0.25, 0.3) is 110 Å². The monoisotopic (exact) mass is 839 g/mol. The maximum Gasteiger partial charge on any atom is 0.135 e. The average molecular weight is 840 g/mol. The molecule has 0 atom stereocenters. The van der Waals surface area contributed by atoms with Crippen LogP contribution in [0.1, 0.15) is 0 Å². The summed E-state index contributed by atoms with van der Waals surface area (Å²) in [7, 11) is 0. The van der Waals surface area contributed by atoms with Crippen molar-refractivity contribution in [2.75, 3.05) is 4.90 Å². The van der Waals surface area contributed by atoms with Crippen LogP contribution in [-0.2, 0) is 0 Å². The van der Waals surface area contributed by atoms with Crippen molar-refractivity contribution in [1.82, 2.24) is 0 Å². The number of hydrogen-bond donors (Lipinski definition) is 0. The van der Waals surface area contributed by atoms with Gasteiger partial charge >= 0.3 is 0 Å². The fourth-order valence-corrected chi connectivity index (χ4v) is 10.4. The SMILES string of the molecule is c1ccc(-c2c(-c3ccccc3)c3cc(-c4cccc(N(c5ccc(-c6cc7ccccc7c7ccccc67)cc5)c5ccc6oc7ccccc7c6c5)c4)ccc3c3ccccc23)cc1. The second-order valence-corrected chi connectivity index (χ2v) is 17.2. The first-order valence-electron chi connectivity index (χ1n) is 22.7. The summed E-state index contributed by atoms with van der Waals surface area (Å²) in [5.74, 6) is 0. The normalized spacial score (nSPS) is 11.6. The summed E-state index contributed by atoms with van der Waals surface area (Å²) in [6, 6.07) is 90.4. The number of anilines is 3. The number of rotatable bonds is 7. The molecule has 0 amide bonds. The van der Waals surface area contributed by atoms with E-state index in [9.17, 15) is 0 Å². The maximum absolute atomic E-state index is 6.33. The number of furan rings is 1. The highest BCUT2D eigenvalue weighted by Crippen LogP contribution is 2.47. The van der Waals surface area contributed by atoms with Crippen molar-refractivity contribution in [2.45, 2.75) is 0 Å². The highest BCUT2D eigenvalue weighted by atomic mass is 16.3. The second-order valence-electron chi connectivity index (χ2n) is 17.2. The third-order valence-corrected chi connectivity index (χ3v) is 13.4. The lowest BCUT2D eigenvalue weighted by atomic mass is 9.84. The molecule has 0 aliphatic heterocycles. The van der Waals surface area contributed by atoms with E-state index in [0.717, 1.165) is 50.1 Å². The van der Waals surface area contributed by atoms with Crippen LogP contribution >= 0.6 is 0 Å². The van der Waals surface area contributed by atoms with E-state index in [-0.39, 0.29) is 0 Å². The topological polar surface area (TPSA) is 16.4 Å². The van der Waals surface area contributed by atoms with Crippen LogP contribution in [0.5, 0.6) is 0 Å². The van der Waals surface area contributed by atoms with Gasteiger partial charge < -0.3 is 9.32 Å². The molecule has 0 radical (unpaired) electrons. The molecular weight excluding hydrogens is 799 g/mol. The van der Waals surface area contributed by atoms with Gasteiger partial charge in [0.05, 0.1) is 0 Å². The highest BCUT2D eigenvalue weighted by Gasteiger charge is 2.20. The Morgan fingerprint density at radius 1 is 0.242 bits per heavy atom. The van der Waals surface area contributed by atoms with Crippen LogP contribution < -0.4 is 4.90 Å². The molecule has 0 saturated carbocycles. The van der Waals surface area contributed by atoms with E-state index in [1.165, 1.54) is 76.5 Å². The van der Waals surface area contributed by atoms with Gasteiger partial charge in [0.25, 0.3) is 0 Å². The zero-order valence-corrected chi connectivity index (χ0v) is 36.0. The van der Waals surface area contributed by atoms with Gasteiger partial charge in [-0.2, -0.15) is 0 Å². The molecule has 66 heavy (non-hydrogen) atoms. The molecule has 0 aliphatic rings. The Morgan fingerprint density at radius 3 is 1.52 bits per heavy atom. The number of nitrogens with zero attached hydrogens (tertiary/aromatic N) is 1. The van der Waals surface area contributed by atoms with Gasteiger partial charge in [0, 0.05) is 27.8 Å². The Bertz CT molecular complexity index is 3980. The first-order valence-corrected chi connectivity index (χ1v) is 22.7. The minimum atomic E-state index is 0.875. The van der Waals surface area contributed by atoms with Crippen molar-refractivity contribution in [3.05, 3.63) is 249 Å². The van der Waals surface area contributed by atoms with Crippen molar-refractivity contribution in [2.24, 2.45) is 0 Å². The van der Waals surface area contributed by atoms with Crippen molar-refractivity contribution in [1.29, 1.82) is 0 Å². The van der Waals surface area contributed by atoms with E-state index < -0.39 is 0 Å². The van der Waals surface area contributed by atoms with Crippen molar-refractivity contribution in [3.63, 3.8) is 0 Å². The standard InChI is InChI=1S/C64H41NO/c1-3-16-43(17-4-1)63-57-28-12-11-25-53(57)55-36-32-46(39-60(55)64(63)44-18-5-2-6-19-44)45-21-15-22-49(38-45)65(50-35-37-62-59(41-50)56-27-13-14-29-61(56)66-62)48-33-30-42(31-34-48)58-40-47-20-7-8-23-51(47)52-24-9-10-26-54(52)58/h1-41H. The van der Waals surface area contributed by atoms with Crippen molar-refractivity contribution in [3.8, 4) is 44.5 Å². The molecule has 1 heterocycles. The molecule has 308 valence electrons. The smallest absolute Gasteiger partial charge is 0.135 e. The van der Waals surface area contributed by atoms with Crippen LogP contribution in [0.3, 0.4) is 0 Å². The average Bonchev–Trinajstić information content (AvgIpc) is 3.77. The molecule has 0 N–H and O–H groups in total. The number of para-hydroxylation sites is 1. The lowest BCUT2D eigenvalue weighted by molar-refractivity contribution is 0.669. The molecule has 0 fully saturated rings. The van der Waals surface area contributed by atoms with Gasteiger partial charge in [0.15, 0.2) is 0 Å². The minimum Gasteiger partial charge on any atom is -0.456 e. The van der Waals surface area contributed by atoms with Gasteiger partial charge in [0.2, 0.25) is 0 Å². The molecule has 12 aromatic carbocycles. The fourth-order valence-electron chi connectivity index (χ4n) is 10.4. The van der Waals surface area contributed by atoms with E-state index in [1.807, 2.05) is 12.1 Å². The van der Waals surface area contributed by atoms with Gasteiger partial charge in [-0.25, -0.2) is 0 Å². The largest absolute Gasteiger partial charge is 0.456 e. The second kappa shape index (κ2) is 15.5. The molecule has 0 bridgehead atoms. The number of fused-ring (bicyclic) bond motifs is 9. The van der Waals surface area contributed by atoms with E-state index in [4.69, 9.17) is 4.42 Å². The molecule has 1 aromatic heterocycles. The summed E-state index contributed by atoms with van der Waals surface area (Å²) < 4.78 is 6.33. The predicted molar refractivity (Wildman–Crippen MR) is 280 cm³/mol. The number of benzene rings is 12. The van der Waals surface area contributed by atoms with Crippen molar-refractivity contribution < 1.29 is 4.42 Å². The summed E-state index contributed by atoms with van der Waals surface area (Å²) >= 11 is 0. The maximum atomic E-state index is 6.33. The van der Waals surface area contributed by atoms with E-state index in [1.54, 1.807) is 0 Å². The summed E-state index contributed by atoms with van der Waals surface area (Å²) in [4.78, 5) is 2.38. The first kappa shape index (κ1) is 37.8. The van der Waals surface area contributed by atoms with Gasteiger partial charge in [-0.1, -0.05) is 188 Å². The minimum absolute atomic E-state index is 0.875. The quantitative estimate of drug-likeness (QED) is 0.149. The van der Waals surface area contributed by atoms with Gasteiger partial charge in [-0.15, -0.1) is 0 Å². The predicted octanol–water partition coefficient (Wildman–Crippen LogP) is 18.3. The third kappa shape index (κ3) is 6.26. The lowest BCUT2D eigenvalue weighted by Crippen LogP contribution is -2.10. The van der Waals surface area contributed by atoms with Gasteiger partial charge in [-0.05, 0) is 148 Å². The molecule has 2 nitrogen and oxygen atoms in total. The van der Waals surface area contributed by atoms with Crippen LogP contribution in [-0.4, -0.2) is 0 Å². The summed E-state index contributed by atoms with van der Waals surface area (Å²) in [6.45, 7) is 0. The highest BCUT2D eigenvalue weighted by molar-refractivity contribution is 6.22. The Balaban J connectivity index is 0.993. The molecule has 2 heteroatoms. The molecule has 0 spiro atoms. The molecule has 0 aliphatic carbocycles. The van der Waals surface area contributed by atoms with Crippen LogP contribution in [0, 0.1) is 0 Å². The van der Waals surface area contributed by atoms with Crippen LogP contribution in [0.2, 0.25) is 0 Å². The molecular formula is C64H41NO. The van der Waals surface area contributed by atoms with Crippen molar-refractivity contribution >= 4 is 82.1 Å². The van der Waals surface area contributed by atoms with E-state index in [2.05, 4.69) is 241 Å². The summed E-state index contributed by atoms with van der Waals surface area (Å²) in [6.07, 6.45) is 0.